The first-order valence-corrected chi connectivity index (χ1v) is 23.6. The fraction of sp³-hybridized carbons (Fsp3) is 0.875. The van der Waals surface area contributed by atoms with Gasteiger partial charge in [0.25, 0.3) is 0 Å². The summed E-state index contributed by atoms with van der Waals surface area (Å²) in [6, 6.07) is 0. The first-order chi connectivity index (χ1) is 26.5. The molecule has 0 radical (unpaired) electrons. The predicted octanol–water partition coefficient (Wildman–Crippen LogP) is 14.6. The van der Waals surface area contributed by atoms with Crippen LogP contribution in [0.5, 0.6) is 0 Å². The zero-order chi connectivity index (χ0) is 39.6. The van der Waals surface area contributed by atoms with Crippen molar-refractivity contribution in [2.24, 2.45) is 5.92 Å². The molecule has 0 aromatic carbocycles. The van der Waals surface area contributed by atoms with Gasteiger partial charge in [0, 0.05) is 12.1 Å². The van der Waals surface area contributed by atoms with Crippen LogP contribution in [0.3, 0.4) is 0 Å². The summed E-state index contributed by atoms with van der Waals surface area (Å²) < 4.78 is 11.6. The van der Waals surface area contributed by atoms with Crippen molar-refractivity contribution >= 4 is 11.9 Å². The van der Waals surface area contributed by atoms with Gasteiger partial charge in [-0.05, 0) is 89.8 Å². The molecule has 0 bridgehead atoms. The molecule has 0 spiro atoms. The van der Waals surface area contributed by atoms with Crippen LogP contribution in [0.2, 0.25) is 0 Å². The molecular formula is C48H91NO5. The molecule has 0 fully saturated rings. The van der Waals surface area contributed by atoms with Crippen molar-refractivity contribution in [3.63, 3.8) is 0 Å². The second kappa shape index (κ2) is 42.3. The summed E-state index contributed by atoms with van der Waals surface area (Å²) in [4.78, 5) is 28.4. The molecule has 6 nitrogen and oxygen atoms in total. The number of aliphatic hydroxyl groups is 1. The van der Waals surface area contributed by atoms with E-state index in [4.69, 9.17) is 14.6 Å². The zero-order valence-corrected chi connectivity index (χ0v) is 36.5. The Hall–Kier alpha value is -1.82. The standard InChI is InChI=1S/C48H91NO5/c1-5-9-13-17-19-27-37-45(35-25-15-11-7-3)47(51)53-43-33-23-21-29-39-49(41-31-32-42-50)40-30-22-24-34-44-54-48(52)46(36-26-16-12-8-4)38-28-20-18-14-10-6-2/h32,37,42,46,50H,5-31,33-36,38-41,43-44H2,1-4H3/b42-32+,45-37+. The number of esters is 2. The van der Waals surface area contributed by atoms with Crippen LogP contribution in [0.1, 0.15) is 233 Å². The van der Waals surface area contributed by atoms with Gasteiger partial charge in [0.15, 0.2) is 0 Å². The molecule has 0 amide bonds. The van der Waals surface area contributed by atoms with E-state index >= 15 is 0 Å². The molecule has 1 atom stereocenters. The normalized spacial score (nSPS) is 12.6. The summed E-state index contributed by atoms with van der Waals surface area (Å²) in [6.45, 7) is 13.1. The Bertz CT molecular complexity index is 871. The van der Waals surface area contributed by atoms with Crippen LogP contribution in [-0.2, 0) is 19.1 Å². The van der Waals surface area contributed by atoms with Crippen molar-refractivity contribution in [3.8, 4) is 0 Å². The average molecular weight is 762 g/mol. The quantitative estimate of drug-likeness (QED) is 0.0289. The van der Waals surface area contributed by atoms with Crippen molar-refractivity contribution < 1.29 is 24.2 Å². The minimum absolute atomic E-state index is 0.0456. The van der Waals surface area contributed by atoms with Crippen molar-refractivity contribution in [1.29, 1.82) is 0 Å². The van der Waals surface area contributed by atoms with Crippen LogP contribution in [-0.4, -0.2) is 54.8 Å². The van der Waals surface area contributed by atoms with Crippen LogP contribution < -0.4 is 0 Å². The highest BCUT2D eigenvalue weighted by molar-refractivity contribution is 5.88. The molecular weight excluding hydrogens is 671 g/mol. The maximum Gasteiger partial charge on any atom is 0.333 e. The van der Waals surface area contributed by atoms with Gasteiger partial charge in [-0.15, -0.1) is 0 Å². The van der Waals surface area contributed by atoms with E-state index in [-0.39, 0.29) is 17.9 Å². The molecule has 0 heterocycles. The molecule has 0 saturated heterocycles. The highest BCUT2D eigenvalue weighted by atomic mass is 16.5. The summed E-state index contributed by atoms with van der Waals surface area (Å²) in [5.41, 5.74) is 0.899. The van der Waals surface area contributed by atoms with E-state index in [9.17, 15) is 9.59 Å². The summed E-state index contributed by atoms with van der Waals surface area (Å²) in [5.74, 6) is 0.0375. The van der Waals surface area contributed by atoms with E-state index in [1.54, 1.807) is 0 Å². The Morgan fingerprint density at radius 3 is 1.56 bits per heavy atom. The van der Waals surface area contributed by atoms with Gasteiger partial charge in [0.2, 0.25) is 0 Å². The number of ether oxygens (including phenoxy) is 2. The Morgan fingerprint density at radius 1 is 0.519 bits per heavy atom. The lowest BCUT2D eigenvalue weighted by Crippen LogP contribution is -2.27. The van der Waals surface area contributed by atoms with Crippen LogP contribution in [0, 0.1) is 5.92 Å². The van der Waals surface area contributed by atoms with Gasteiger partial charge in [-0.2, -0.15) is 0 Å². The smallest absolute Gasteiger partial charge is 0.333 e. The summed E-state index contributed by atoms with van der Waals surface area (Å²) in [7, 11) is 0. The fourth-order valence-corrected chi connectivity index (χ4v) is 7.22. The Kier molecular flexibility index (Phi) is 40.9. The van der Waals surface area contributed by atoms with Gasteiger partial charge in [0.05, 0.1) is 25.4 Å². The van der Waals surface area contributed by atoms with E-state index in [0.717, 1.165) is 141 Å². The van der Waals surface area contributed by atoms with Crippen molar-refractivity contribution in [2.45, 2.75) is 233 Å². The number of unbranched alkanes of at least 4 members (excludes halogenated alkanes) is 22. The molecule has 0 rings (SSSR count). The molecule has 0 aromatic heterocycles. The summed E-state index contributed by atoms with van der Waals surface area (Å²) in [6.07, 6.45) is 41.7. The molecule has 1 unspecified atom stereocenters. The van der Waals surface area contributed by atoms with Gasteiger partial charge >= 0.3 is 11.9 Å². The molecule has 1 N–H and O–H groups in total. The first kappa shape index (κ1) is 52.2. The third-order valence-corrected chi connectivity index (χ3v) is 10.8. The van der Waals surface area contributed by atoms with Crippen molar-refractivity contribution in [1.82, 2.24) is 4.90 Å². The molecule has 0 aliphatic rings. The summed E-state index contributed by atoms with van der Waals surface area (Å²) >= 11 is 0. The monoisotopic (exact) mass is 762 g/mol. The van der Waals surface area contributed by atoms with E-state index in [1.807, 2.05) is 6.08 Å². The zero-order valence-electron chi connectivity index (χ0n) is 36.5. The fourth-order valence-electron chi connectivity index (χ4n) is 7.22. The van der Waals surface area contributed by atoms with E-state index in [2.05, 4.69) is 38.7 Å². The van der Waals surface area contributed by atoms with E-state index in [1.165, 1.54) is 96.3 Å². The number of rotatable bonds is 42. The minimum Gasteiger partial charge on any atom is -0.516 e. The molecule has 318 valence electrons. The minimum atomic E-state index is -0.0909. The lowest BCUT2D eigenvalue weighted by molar-refractivity contribution is -0.149. The van der Waals surface area contributed by atoms with Gasteiger partial charge in [0.1, 0.15) is 0 Å². The maximum absolute atomic E-state index is 13.0. The molecule has 0 aliphatic heterocycles. The third kappa shape index (κ3) is 34.7. The largest absolute Gasteiger partial charge is 0.516 e. The predicted molar refractivity (Wildman–Crippen MR) is 232 cm³/mol. The van der Waals surface area contributed by atoms with Gasteiger partial charge in [-0.25, -0.2) is 4.79 Å². The second-order valence-corrected chi connectivity index (χ2v) is 16.0. The number of carbonyl (C=O) groups is 2. The number of allylic oxidation sites excluding steroid dienone is 1. The number of hydrogen-bond acceptors (Lipinski definition) is 6. The average Bonchev–Trinajstić information content (AvgIpc) is 3.17. The molecule has 0 aromatic rings. The van der Waals surface area contributed by atoms with Gasteiger partial charge < -0.3 is 19.5 Å². The van der Waals surface area contributed by atoms with E-state index in [0.29, 0.717) is 13.2 Å². The number of nitrogens with zero attached hydrogens (tertiary/aromatic N) is 1. The Morgan fingerprint density at radius 2 is 0.981 bits per heavy atom. The number of aliphatic hydroxyl groups excluding tert-OH is 1. The van der Waals surface area contributed by atoms with Crippen LogP contribution in [0.4, 0.5) is 0 Å². The van der Waals surface area contributed by atoms with Gasteiger partial charge in [-0.1, -0.05) is 169 Å². The van der Waals surface area contributed by atoms with Crippen molar-refractivity contribution in [3.05, 3.63) is 24.0 Å². The van der Waals surface area contributed by atoms with E-state index < -0.39 is 0 Å². The maximum atomic E-state index is 13.0. The molecule has 0 aliphatic carbocycles. The second-order valence-electron chi connectivity index (χ2n) is 16.0. The highest BCUT2D eigenvalue weighted by Gasteiger charge is 2.19. The third-order valence-electron chi connectivity index (χ3n) is 10.8. The molecule has 0 saturated carbocycles. The topological polar surface area (TPSA) is 76.1 Å². The van der Waals surface area contributed by atoms with Gasteiger partial charge in [-0.3, -0.25) is 4.79 Å². The number of carbonyl (C=O) groups excluding carboxylic acids is 2. The lowest BCUT2D eigenvalue weighted by Gasteiger charge is -2.21. The lowest BCUT2D eigenvalue weighted by atomic mass is 9.94. The number of hydrogen-bond donors (Lipinski definition) is 1. The molecule has 54 heavy (non-hydrogen) atoms. The molecule has 6 heteroatoms. The van der Waals surface area contributed by atoms with Crippen LogP contribution in [0.25, 0.3) is 0 Å². The van der Waals surface area contributed by atoms with Crippen molar-refractivity contribution in [2.75, 3.05) is 32.8 Å². The summed E-state index contributed by atoms with van der Waals surface area (Å²) in [5, 5.41) is 9.14. The Labute approximate surface area is 336 Å². The van der Waals surface area contributed by atoms with Crippen LogP contribution in [0.15, 0.2) is 24.0 Å². The highest BCUT2D eigenvalue weighted by Crippen LogP contribution is 2.21. The first-order valence-electron chi connectivity index (χ1n) is 23.6. The Balaban J connectivity index is 4.41. The van der Waals surface area contributed by atoms with Crippen LogP contribution >= 0.6 is 0 Å². The SMILES string of the molecule is CCCCCCC/C=C(\CCCCCC)C(=O)OCCCCCCN(CC/C=C/O)CCCCCCOC(=O)C(CCCCCC)CCCCCCCC.